The lowest BCUT2D eigenvalue weighted by molar-refractivity contribution is -0.135. The first-order chi connectivity index (χ1) is 14.0. The SMILES string of the molecule is NCCCCNC(=O)[C@H]1[C@H](C(=O)NCc2ccc(Br)cc2F)[C@@H]2C=C[C@H]1C21CC1. The van der Waals surface area contributed by atoms with E-state index in [1.165, 1.54) is 6.07 Å². The summed E-state index contributed by atoms with van der Waals surface area (Å²) in [4.78, 5) is 26.1. The van der Waals surface area contributed by atoms with Gasteiger partial charge in [0.15, 0.2) is 0 Å². The van der Waals surface area contributed by atoms with Gasteiger partial charge >= 0.3 is 0 Å². The fourth-order valence-electron chi connectivity index (χ4n) is 5.27. The fourth-order valence-corrected chi connectivity index (χ4v) is 5.61. The van der Waals surface area contributed by atoms with Gasteiger partial charge in [-0.15, -0.1) is 0 Å². The highest BCUT2D eigenvalue weighted by atomic mass is 79.9. The van der Waals surface area contributed by atoms with Crippen molar-refractivity contribution in [2.75, 3.05) is 13.1 Å². The largest absolute Gasteiger partial charge is 0.356 e. The van der Waals surface area contributed by atoms with Crippen molar-refractivity contribution >= 4 is 27.7 Å². The smallest absolute Gasteiger partial charge is 0.224 e. The number of carbonyl (C=O) groups is 2. The molecule has 0 saturated heterocycles. The first-order valence-corrected chi connectivity index (χ1v) is 11.1. The fraction of sp³-hybridized carbons (Fsp3) is 0.545. The van der Waals surface area contributed by atoms with Crippen LogP contribution >= 0.6 is 15.9 Å². The lowest BCUT2D eigenvalue weighted by Gasteiger charge is -2.26. The van der Waals surface area contributed by atoms with E-state index in [4.69, 9.17) is 5.73 Å². The molecule has 4 N–H and O–H groups in total. The van der Waals surface area contributed by atoms with Crippen molar-refractivity contribution in [3.05, 3.63) is 46.2 Å². The van der Waals surface area contributed by atoms with Crippen LogP contribution in [0.1, 0.15) is 31.2 Å². The Kier molecular flexibility index (Phi) is 5.80. The molecule has 2 bridgehead atoms. The van der Waals surface area contributed by atoms with E-state index in [0.29, 0.717) is 23.1 Å². The summed E-state index contributed by atoms with van der Waals surface area (Å²) in [6.07, 6.45) is 8.10. The van der Waals surface area contributed by atoms with Crippen molar-refractivity contribution in [3.63, 3.8) is 0 Å². The van der Waals surface area contributed by atoms with Gasteiger partial charge in [-0.3, -0.25) is 9.59 Å². The molecule has 0 heterocycles. The Morgan fingerprint density at radius 3 is 2.34 bits per heavy atom. The van der Waals surface area contributed by atoms with Gasteiger partial charge in [0, 0.05) is 23.1 Å². The monoisotopic (exact) mass is 463 g/mol. The lowest BCUT2D eigenvalue weighted by atomic mass is 9.81. The summed E-state index contributed by atoms with van der Waals surface area (Å²) in [5.41, 5.74) is 6.04. The summed E-state index contributed by atoms with van der Waals surface area (Å²) in [5.74, 6) is -1.07. The normalized spacial score (nSPS) is 28.0. The zero-order valence-corrected chi connectivity index (χ0v) is 17.9. The average Bonchev–Trinajstić information content (AvgIpc) is 3.36. The van der Waals surface area contributed by atoms with Crippen LogP contribution < -0.4 is 16.4 Å². The molecule has 1 spiro atoms. The Bertz CT molecular complexity index is 839. The Hall–Kier alpha value is -1.73. The number of unbranched alkanes of at least 4 members (excludes halogenated alkanes) is 1. The third kappa shape index (κ3) is 3.75. The Morgan fingerprint density at radius 1 is 1.10 bits per heavy atom. The van der Waals surface area contributed by atoms with Gasteiger partial charge in [-0.1, -0.05) is 34.1 Å². The maximum absolute atomic E-state index is 14.1. The number of benzene rings is 1. The highest BCUT2D eigenvalue weighted by Gasteiger charge is 2.69. The average molecular weight is 464 g/mol. The third-order valence-electron chi connectivity index (χ3n) is 6.85. The van der Waals surface area contributed by atoms with E-state index in [1.807, 2.05) is 0 Å². The van der Waals surface area contributed by atoms with Crippen LogP contribution in [0.4, 0.5) is 4.39 Å². The van der Waals surface area contributed by atoms with Gasteiger partial charge in [-0.05, 0) is 61.6 Å². The summed E-state index contributed by atoms with van der Waals surface area (Å²) in [7, 11) is 0. The van der Waals surface area contributed by atoms with E-state index in [2.05, 4.69) is 38.7 Å². The van der Waals surface area contributed by atoms with Gasteiger partial charge in [-0.2, -0.15) is 0 Å². The van der Waals surface area contributed by atoms with Gasteiger partial charge in [-0.25, -0.2) is 4.39 Å². The highest BCUT2D eigenvalue weighted by Crippen LogP contribution is 2.72. The number of rotatable bonds is 8. The molecule has 1 aromatic carbocycles. The second-order valence-corrected chi connectivity index (χ2v) is 9.38. The van der Waals surface area contributed by atoms with Crippen LogP contribution in [0.15, 0.2) is 34.8 Å². The predicted octanol–water partition coefficient (Wildman–Crippen LogP) is 2.89. The number of carbonyl (C=O) groups excluding carboxylic acids is 2. The van der Waals surface area contributed by atoms with Crippen LogP contribution in [0.2, 0.25) is 0 Å². The van der Waals surface area contributed by atoms with Crippen LogP contribution in [-0.2, 0) is 16.1 Å². The summed E-state index contributed by atoms with van der Waals surface area (Å²) in [6.45, 7) is 1.31. The summed E-state index contributed by atoms with van der Waals surface area (Å²) < 4.78 is 14.8. The number of allylic oxidation sites excluding steroid dienone is 2. The molecule has 2 fully saturated rings. The molecule has 0 aliphatic heterocycles. The molecule has 3 aliphatic carbocycles. The molecule has 0 radical (unpaired) electrons. The second kappa shape index (κ2) is 8.19. The molecule has 4 rings (SSSR count). The Labute approximate surface area is 178 Å². The van der Waals surface area contributed by atoms with E-state index in [0.717, 1.165) is 25.7 Å². The van der Waals surface area contributed by atoms with Crippen LogP contribution in [0, 0.1) is 34.9 Å². The molecule has 1 aromatic rings. The zero-order chi connectivity index (χ0) is 20.6. The van der Waals surface area contributed by atoms with Gasteiger partial charge in [0.25, 0.3) is 0 Å². The van der Waals surface area contributed by atoms with E-state index in [9.17, 15) is 14.0 Å². The molecular weight excluding hydrogens is 437 g/mol. The molecule has 0 aromatic heterocycles. The molecule has 7 heteroatoms. The maximum atomic E-state index is 14.1. The quantitative estimate of drug-likeness (QED) is 0.409. The number of halogens is 2. The first kappa shape index (κ1) is 20.5. The van der Waals surface area contributed by atoms with Crippen molar-refractivity contribution in [2.24, 2.45) is 34.8 Å². The minimum absolute atomic E-state index is 0.0416. The van der Waals surface area contributed by atoms with Gasteiger partial charge in [0.1, 0.15) is 5.82 Å². The van der Waals surface area contributed by atoms with Crippen LogP contribution in [0.25, 0.3) is 0 Å². The van der Waals surface area contributed by atoms with Gasteiger partial charge < -0.3 is 16.4 Å². The van der Waals surface area contributed by atoms with Crippen LogP contribution in [0.5, 0.6) is 0 Å². The highest BCUT2D eigenvalue weighted by molar-refractivity contribution is 9.10. The number of nitrogens with one attached hydrogen (secondary N) is 2. The number of amides is 2. The van der Waals surface area contributed by atoms with Crippen molar-refractivity contribution < 1.29 is 14.0 Å². The molecule has 0 unspecified atom stereocenters. The molecule has 2 amide bonds. The Morgan fingerprint density at radius 2 is 1.76 bits per heavy atom. The van der Waals surface area contributed by atoms with Crippen LogP contribution in [0.3, 0.4) is 0 Å². The summed E-state index contributed by atoms with van der Waals surface area (Å²) in [5, 5.41) is 5.90. The molecule has 4 atom stereocenters. The van der Waals surface area contributed by atoms with E-state index in [-0.39, 0.29) is 53.3 Å². The molecule has 5 nitrogen and oxygen atoms in total. The summed E-state index contributed by atoms with van der Waals surface area (Å²) >= 11 is 3.24. The van der Waals surface area contributed by atoms with Crippen molar-refractivity contribution in [2.45, 2.75) is 32.2 Å². The van der Waals surface area contributed by atoms with Gasteiger partial charge in [0.05, 0.1) is 11.8 Å². The van der Waals surface area contributed by atoms with Gasteiger partial charge in [0.2, 0.25) is 11.8 Å². The number of hydrogen-bond donors (Lipinski definition) is 3. The standard InChI is InChI=1S/C22H27BrFN3O2/c23-14-4-3-13(17(24)11-14)12-27-21(29)19-16-6-5-15(22(16)7-8-22)18(19)20(28)26-10-2-1-9-25/h3-6,11,15-16,18-19H,1-2,7-10,12,25H2,(H,26,28)(H,27,29)/t15-,16+,18-,19-/m1/s1. The van der Waals surface area contributed by atoms with E-state index >= 15 is 0 Å². The number of nitrogens with two attached hydrogens (primary N) is 1. The molecular formula is C22H27BrFN3O2. The minimum atomic E-state index is -0.388. The molecule has 3 aliphatic rings. The maximum Gasteiger partial charge on any atom is 0.224 e. The predicted molar refractivity (Wildman–Crippen MR) is 112 cm³/mol. The topological polar surface area (TPSA) is 84.2 Å². The molecule has 29 heavy (non-hydrogen) atoms. The van der Waals surface area contributed by atoms with E-state index < -0.39 is 0 Å². The molecule has 2 saturated carbocycles. The lowest BCUT2D eigenvalue weighted by Crippen LogP contribution is -2.44. The molecule has 156 valence electrons. The zero-order valence-electron chi connectivity index (χ0n) is 16.3. The van der Waals surface area contributed by atoms with E-state index in [1.54, 1.807) is 12.1 Å². The van der Waals surface area contributed by atoms with Crippen LogP contribution in [-0.4, -0.2) is 24.9 Å². The first-order valence-electron chi connectivity index (χ1n) is 10.4. The number of hydrogen-bond acceptors (Lipinski definition) is 3. The van der Waals surface area contributed by atoms with Crippen molar-refractivity contribution in [3.8, 4) is 0 Å². The summed E-state index contributed by atoms with van der Waals surface area (Å²) in [6, 6.07) is 4.80. The van der Waals surface area contributed by atoms with Crippen molar-refractivity contribution in [1.29, 1.82) is 0 Å². The van der Waals surface area contributed by atoms with Crippen molar-refractivity contribution in [1.82, 2.24) is 10.6 Å². The third-order valence-corrected chi connectivity index (χ3v) is 7.34. The second-order valence-electron chi connectivity index (χ2n) is 8.46. The Balaban J connectivity index is 1.45. The minimum Gasteiger partial charge on any atom is -0.356 e.